The SMILES string of the molecule is Cc1ccc(Oc2cccc(F)c2CNC(C)C)cn1. The molecule has 0 atom stereocenters. The first-order valence-electron chi connectivity index (χ1n) is 6.67. The van der Waals surface area contributed by atoms with Crippen LogP contribution in [0.4, 0.5) is 4.39 Å². The largest absolute Gasteiger partial charge is 0.455 e. The van der Waals surface area contributed by atoms with Crippen LogP contribution in [0.25, 0.3) is 0 Å². The van der Waals surface area contributed by atoms with Crippen LogP contribution in [0.3, 0.4) is 0 Å². The molecule has 0 radical (unpaired) electrons. The van der Waals surface area contributed by atoms with Gasteiger partial charge < -0.3 is 10.1 Å². The van der Waals surface area contributed by atoms with Gasteiger partial charge in [-0.1, -0.05) is 19.9 Å². The number of aromatic nitrogens is 1. The van der Waals surface area contributed by atoms with Gasteiger partial charge in [-0.2, -0.15) is 0 Å². The van der Waals surface area contributed by atoms with Crippen LogP contribution in [-0.2, 0) is 6.54 Å². The zero-order valence-electron chi connectivity index (χ0n) is 12.0. The molecule has 0 aliphatic heterocycles. The second kappa shape index (κ2) is 6.48. The average molecular weight is 274 g/mol. The Morgan fingerprint density at radius 3 is 2.70 bits per heavy atom. The van der Waals surface area contributed by atoms with E-state index in [0.717, 1.165) is 5.69 Å². The fourth-order valence-electron chi connectivity index (χ4n) is 1.75. The molecule has 0 saturated heterocycles. The second-order valence-corrected chi connectivity index (χ2v) is 4.99. The van der Waals surface area contributed by atoms with Gasteiger partial charge in [0.15, 0.2) is 0 Å². The van der Waals surface area contributed by atoms with Gasteiger partial charge in [0.25, 0.3) is 0 Å². The molecule has 0 aliphatic carbocycles. The lowest BCUT2D eigenvalue weighted by atomic mass is 10.1. The van der Waals surface area contributed by atoms with Gasteiger partial charge >= 0.3 is 0 Å². The summed E-state index contributed by atoms with van der Waals surface area (Å²) in [5, 5.41) is 3.20. The van der Waals surface area contributed by atoms with Crippen molar-refractivity contribution < 1.29 is 9.13 Å². The minimum atomic E-state index is -0.268. The number of halogens is 1. The van der Waals surface area contributed by atoms with Crippen molar-refractivity contribution in [3.8, 4) is 11.5 Å². The predicted molar refractivity (Wildman–Crippen MR) is 77.4 cm³/mol. The number of hydrogen-bond donors (Lipinski definition) is 1. The maximum atomic E-state index is 13.9. The molecular weight excluding hydrogens is 255 g/mol. The molecule has 2 aromatic rings. The van der Waals surface area contributed by atoms with Crippen LogP contribution in [-0.4, -0.2) is 11.0 Å². The number of nitrogens with one attached hydrogen (secondary N) is 1. The Morgan fingerprint density at radius 1 is 1.25 bits per heavy atom. The number of aryl methyl sites for hydroxylation is 1. The van der Waals surface area contributed by atoms with Gasteiger partial charge in [-0.15, -0.1) is 0 Å². The number of pyridine rings is 1. The summed E-state index contributed by atoms with van der Waals surface area (Å²) in [6.07, 6.45) is 1.64. The first-order valence-corrected chi connectivity index (χ1v) is 6.67. The molecule has 1 aromatic heterocycles. The van der Waals surface area contributed by atoms with Crippen LogP contribution >= 0.6 is 0 Å². The fourth-order valence-corrected chi connectivity index (χ4v) is 1.75. The highest BCUT2D eigenvalue weighted by molar-refractivity contribution is 5.38. The summed E-state index contributed by atoms with van der Waals surface area (Å²) < 4.78 is 19.7. The molecule has 1 heterocycles. The molecular formula is C16H19FN2O. The minimum absolute atomic E-state index is 0.268. The summed E-state index contributed by atoms with van der Waals surface area (Å²) in [5.41, 5.74) is 1.44. The molecule has 2 rings (SSSR count). The Kier molecular flexibility index (Phi) is 4.69. The Balaban J connectivity index is 2.22. The number of nitrogens with zero attached hydrogens (tertiary/aromatic N) is 1. The third-order valence-corrected chi connectivity index (χ3v) is 2.87. The van der Waals surface area contributed by atoms with Crippen molar-refractivity contribution in [2.24, 2.45) is 0 Å². The van der Waals surface area contributed by atoms with Crippen LogP contribution in [0, 0.1) is 12.7 Å². The molecule has 0 fully saturated rings. The summed E-state index contributed by atoms with van der Waals surface area (Å²) in [5.74, 6) is 0.853. The van der Waals surface area contributed by atoms with Gasteiger partial charge in [-0.3, -0.25) is 4.98 Å². The normalized spacial score (nSPS) is 10.8. The zero-order chi connectivity index (χ0) is 14.5. The van der Waals surface area contributed by atoms with E-state index in [0.29, 0.717) is 23.6 Å². The summed E-state index contributed by atoms with van der Waals surface area (Å²) in [4.78, 5) is 4.17. The van der Waals surface area contributed by atoms with Gasteiger partial charge in [-0.05, 0) is 31.2 Å². The molecule has 4 heteroatoms. The Bertz CT molecular complexity index is 567. The van der Waals surface area contributed by atoms with E-state index in [9.17, 15) is 4.39 Å². The first kappa shape index (κ1) is 14.5. The molecule has 0 aliphatic rings. The van der Waals surface area contributed by atoms with Gasteiger partial charge in [0.2, 0.25) is 0 Å². The Morgan fingerprint density at radius 2 is 2.05 bits per heavy atom. The van der Waals surface area contributed by atoms with E-state index in [1.165, 1.54) is 6.07 Å². The van der Waals surface area contributed by atoms with E-state index in [-0.39, 0.29) is 11.9 Å². The maximum absolute atomic E-state index is 13.9. The number of benzene rings is 1. The second-order valence-electron chi connectivity index (χ2n) is 4.99. The van der Waals surface area contributed by atoms with E-state index in [4.69, 9.17) is 4.74 Å². The molecule has 0 bridgehead atoms. The molecule has 0 spiro atoms. The highest BCUT2D eigenvalue weighted by Gasteiger charge is 2.11. The number of rotatable bonds is 5. The quantitative estimate of drug-likeness (QED) is 0.900. The maximum Gasteiger partial charge on any atom is 0.145 e. The van der Waals surface area contributed by atoms with E-state index in [1.807, 2.05) is 32.9 Å². The summed E-state index contributed by atoms with van der Waals surface area (Å²) in [6, 6.07) is 8.82. The molecule has 3 nitrogen and oxygen atoms in total. The van der Waals surface area contributed by atoms with Gasteiger partial charge in [-0.25, -0.2) is 4.39 Å². The van der Waals surface area contributed by atoms with Crippen molar-refractivity contribution in [3.05, 3.63) is 53.6 Å². The molecule has 0 amide bonds. The summed E-state index contributed by atoms with van der Waals surface area (Å²) in [7, 11) is 0. The number of ether oxygens (including phenoxy) is 1. The van der Waals surface area contributed by atoms with Gasteiger partial charge in [0.1, 0.15) is 17.3 Å². The molecule has 1 aromatic carbocycles. The summed E-state index contributed by atoms with van der Waals surface area (Å²) in [6.45, 7) is 6.37. The summed E-state index contributed by atoms with van der Waals surface area (Å²) >= 11 is 0. The van der Waals surface area contributed by atoms with E-state index >= 15 is 0 Å². The fraction of sp³-hybridized carbons (Fsp3) is 0.312. The highest BCUT2D eigenvalue weighted by atomic mass is 19.1. The van der Waals surface area contributed by atoms with Crippen molar-refractivity contribution in [2.45, 2.75) is 33.4 Å². The number of hydrogen-bond acceptors (Lipinski definition) is 3. The zero-order valence-corrected chi connectivity index (χ0v) is 12.0. The lowest BCUT2D eigenvalue weighted by Gasteiger charge is -2.14. The smallest absolute Gasteiger partial charge is 0.145 e. The van der Waals surface area contributed by atoms with Crippen molar-refractivity contribution in [1.82, 2.24) is 10.3 Å². The van der Waals surface area contributed by atoms with Crippen LogP contribution in [0.2, 0.25) is 0 Å². The molecule has 106 valence electrons. The van der Waals surface area contributed by atoms with Crippen LogP contribution in [0.1, 0.15) is 25.1 Å². The topological polar surface area (TPSA) is 34.1 Å². The molecule has 20 heavy (non-hydrogen) atoms. The monoisotopic (exact) mass is 274 g/mol. The van der Waals surface area contributed by atoms with E-state index in [1.54, 1.807) is 18.3 Å². The lowest BCUT2D eigenvalue weighted by molar-refractivity contribution is 0.455. The van der Waals surface area contributed by atoms with Crippen LogP contribution in [0.5, 0.6) is 11.5 Å². The standard InChI is InChI=1S/C16H19FN2O/c1-11(2)18-10-14-15(17)5-4-6-16(14)20-13-8-7-12(3)19-9-13/h4-9,11,18H,10H2,1-3H3. The van der Waals surface area contributed by atoms with Crippen molar-refractivity contribution in [2.75, 3.05) is 0 Å². The predicted octanol–water partition coefficient (Wildman–Crippen LogP) is 3.82. The van der Waals surface area contributed by atoms with Crippen molar-refractivity contribution in [1.29, 1.82) is 0 Å². The van der Waals surface area contributed by atoms with E-state index in [2.05, 4.69) is 10.3 Å². The van der Waals surface area contributed by atoms with Gasteiger partial charge in [0.05, 0.1) is 6.20 Å². The third-order valence-electron chi connectivity index (χ3n) is 2.87. The van der Waals surface area contributed by atoms with E-state index < -0.39 is 0 Å². The molecule has 1 N–H and O–H groups in total. The lowest BCUT2D eigenvalue weighted by Crippen LogP contribution is -2.22. The first-order chi connectivity index (χ1) is 9.56. The van der Waals surface area contributed by atoms with Crippen molar-refractivity contribution in [3.63, 3.8) is 0 Å². The third kappa shape index (κ3) is 3.78. The Labute approximate surface area is 118 Å². The van der Waals surface area contributed by atoms with Crippen LogP contribution in [0.15, 0.2) is 36.5 Å². The molecule has 0 saturated carbocycles. The molecule has 0 unspecified atom stereocenters. The van der Waals surface area contributed by atoms with Crippen molar-refractivity contribution >= 4 is 0 Å². The highest BCUT2D eigenvalue weighted by Crippen LogP contribution is 2.27. The van der Waals surface area contributed by atoms with Gasteiger partial charge in [0, 0.05) is 23.8 Å². The minimum Gasteiger partial charge on any atom is -0.455 e. The Hall–Kier alpha value is -1.94. The van der Waals surface area contributed by atoms with Crippen LogP contribution < -0.4 is 10.1 Å². The average Bonchev–Trinajstić information content (AvgIpc) is 2.40.